The Bertz CT molecular complexity index is 606. The van der Waals surface area contributed by atoms with Crippen LogP contribution in [0.5, 0.6) is 11.5 Å². The number of hydrogen-bond acceptors (Lipinski definition) is 2. The zero-order valence-electron chi connectivity index (χ0n) is 12.0. The van der Waals surface area contributed by atoms with Gasteiger partial charge >= 0.3 is 0 Å². The van der Waals surface area contributed by atoms with Gasteiger partial charge in [0, 0.05) is 10.0 Å². The first-order valence-electron chi connectivity index (χ1n) is 6.69. The Morgan fingerprint density at radius 1 is 1.10 bits per heavy atom. The zero-order chi connectivity index (χ0) is 14.7. The molecule has 0 bridgehead atoms. The molecule has 3 heteroatoms. The SMILES string of the molecule is Cc1ccc(C(C)C)cc1Oc1cc(Br)ccc1CO. The molecule has 0 aromatic heterocycles. The Kier molecular flexibility index (Phi) is 4.84. The van der Waals surface area contributed by atoms with Crippen molar-refractivity contribution in [1.82, 2.24) is 0 Å². The molecule has 20 heavy (non-hydrogen) atoms. The first kappa shape index (κ1) is 15.1. The molecule has 0 atom stereocenters. The Balaban J connectivity index is 2.39. The van der Waals surface area contributed by atoms with Gasteiger partial charge in [0.1, 0.15) is 11.5 Å². The van der Waals surface area contributed by atoms with E-state index < -0.39 is 0 Å². The minimum absolute atomic E-state index is 0.0362. The lowest BCUT2D eigenvalue weighted by atomic mass is 10.0. The second-order valence-corrected chi connectivity index (χ2v) is 6.11. The molecule has 0 heterocycles. The number of benzene rings is 2. The van der Waals surface area contributed by atoms with Crippen molar-refractivity contribution >= 4 is 15.9 Å². The van der Waals surface area contributed by atoms with Crippen LogP contribution < -0.4 is 4.74 Å². The highest BCUT2D eigenvalue weighted by atomic mass is 79.9. The van der Waals surface area contributed by atoms with Gasteiger partial charge in [0.2, 0.25) is 0 Å². The molecule has 0 radical (unpaired) electrons. The summed E-state index contributed by atoms with van der Waals surface area (Å²) >= 11 is 3.43. The van der Waals surface area contributed by atoms with E-state index in [2.05, 4.69) is 48.0 Å². The molecule has 0 aliphatic heterocycles. The molecule has 2 aromatic carbocycles. The highest BCUT2D eigenvalue weighted by molar-refractivity contribution is 9.10. The fraction of sp³-hybridized carbons (Fsp3) is 0.294. The van der Waals surface area contributed by atoms with Crippen molar-refractivity contribution in [3.63, 3.8) is 0 Å². The van der Waals surface area contributed by atoms with Crippen molar-refractivity contribution in [3.8, 4) is 11.5 Å². The van der Waals surface area contributed by atoms with Gasteiger partial charge in [-0.3, -0.25) is 0 Å². The van der Waals surface area contributed by atoms with Gasteiger partial charge in [-0.25, -0.2) is 0 Å². The molecule has 2 nitrogen and oxygen atoms in total. The normalized spacial score (nSPS) is 10.9. The van der Waals surface area contributed by atoms with Crippen molar-refractivity contribution in [2.75, 3.05) is 0 Å². The van der Waals surface area contributed by atoms with E-state index in [1.807, 2.05) is 25.1 Å². The van der Waals surface area contributed by atoms with Crippen LogP contribution in [-0.2, 0) is 6.61 Å². The van der Waals surface area contributed by atoms with Gasteiger partial charge in [0.15, 0.2) is 0 Å². The van der Waals surface area contributed by atoms with Gasteiger partial charge in [0.05, 0.1) is 6.61 Å². The number of aliphatic hydroxyl groups excluding tert-OH is 1. The molecule has 0 aliphatic rings. The molecule has 0 amide bonds. The van der Waals surface area contributed by atoms with Crippen LogP contribution in [0.15, 0.2) is 40.9 Å². The molecular weight excluding hydrogens is 316 g/mol. The number of hydrogen-bond donors (Lipinski definition) is 1. The summed E-state index contributed by atoms with van der Waals surface area (Å²) in [7, 11) is 0. The molecular formula is C17H19BrO2. The van der Waals surface area contributed by atoms with Crippen LogP contribution in [0.4, 0.5) is 0 Å². The summed E-state index contributed by atoms with van der Waals surface area (Å²) in [6, 6.07) is 11.9. The summed E-state index contributed by atoms with van der Waals surface area (Å²) in [6.07, 6.45) is 0. The second kappa shape index (κ2) is 6.42. The number of ether oxygens (including phenoxy) is 1. The number of aliphatic hydroxyl groups is 1. The van der Waals surface area contributed by atoms with Gasteiger partial charge < -0.3 is 9.84 Å². The van der Waals surface area contributed by atoms with E-state index in [0.29, 0.717) is 11.7 Å². The average Bonchev–Trinajstić information content (AvgIpc) is 2.41. The fourth-order valence-corrected chi connectivity index (χ4v) is 2.30. The van der Waals surface area contributed by atoms with Crippen LogP contribution in [0.3, 0.4) is 0 Å². The molecule has 0 saturated carbocycles. The standard InChI is InChI=1S/C17H19BrO2/c1-11(2)13-5-4-12(3)16(8-13)20-17-9-15(18)7-6-14(17)10-19/h4-9,11,19H,10H2,1-3H3. The number of halogens is 1. The molecule has 0 saturated heterocycles. The first-order valence-corrected chi connectivity index (χ1v) is 7.48. The van der Waals surface area contributed by atoms with E-state index >= 15 is 0 Å². The van der Waals surface area contributed by atoms with E-state index in [1.54, 1.807) is 0 Å². The summed E-state index contributed by atoms with van der Waals surface area (Å²) in [5.41, 5.74) is 3.10. The van der Waals surface area contributed by atoms with E-state index in [4.69, 9.17) is 4.74 Å². The smallest absolute Gasteiger partial charge is 0.134 e. The molecule has 1 N–H and O–H groups in total. The monoisotopic (exact) mass is 334 g/mol. The van der Waals surface area contributed by atoms with Gasteiger partial charge in [-0.15, -0.1) is 0 Å². The molecule has 106 valence electrons. The minimum atomic E-state index is -0.0362. The average molecular weight is 335 g/mol. The Morgan fingerprint density at radius 2 is 1.85 bits per heavy atom. The topological polar surface area (TPSA) is 29.5 Å². The molecule has 0 spiro atoms. The van der Waals surface area contributed by atoms with Crippen molar-refractivity contribution in [2.45, 2.75) is 33.3 Å². The Hall–Kier alpha value is -1.32. The summed E-state index contributed by atoms with van der Waals surface area (Å²) in [5, 5.41) is 9.40. The molecule has 0 unspecified atom stereocenters. The molecule has 0 aliphatic carbocycles. The van der Waals surface area contributed by atoms with Gasteiger partial charge in [-0.05, 0) is 42.2 Å². The lowest BCUT2D eigenvalue weighted by molar-refractivity contribution is 0.276. The highest BCUT2D eigenvalue weighted by Crippen LogP contribution is 2.32. The lowest BCUT2D eigenvalue weighted by Gasteiger charge is -2.14. The van der Waals surface area contributed by atoms with Gasteiger partial charge in [-0.2, -0.15) is 0 Å². The van der Waals surface area contributed by atoms with Crippen LogP contribution in [0.1, 0.15) is 36.5 Å². The minimum Gasteiger partial charge on any atom is -0.457 e. The third kappa shape index (κ3) is 3.41. The summed E-state index contributed by atoms with van der Waals surface area (Å²) in [4.78, 5) is 0. The van der Waals surface area contributed by atoms with E-state index in [1.165, 1.54) is 5.56 Å². The van der Waals surface area contributed by atoms with E-state index in [-0.39, 0.29) is 6.61 Å². The molecule has 2 aromatic rings. The van der Waals surface area contributed by atoms with Crippen LogP contribution in [-0.4, -0.2) is 5.11 Å². The van der Waals surface area contributed by atoms with Crippen LogP contribution in [0.25, 0.3) is 0 Å². The van der Waals surface area contributed by atoms with Crippen molar-refractivity contribution < 1.29 is 9.84 Å². The van der Waals surface area contributed by atoms with E-state index in [0.717, 1.165) is 21.3 Å². The van der Waals surface area contributed by atoms with Crippen molar-refractivity contribution in [2.24, 2.45) is 0 Å². The van der Waals surface area contributed by atoms with E-state index in [9.17, 15) is 5.11 Å². The fourth-order valence-electron chi connectivity index (χ4n) is 1.96. The predicted molar refractivity (Wildman–Crippen MR) is 85.4 cm³/mol. The maximum atomic E-state index is 9.40. The summed E-state index contributed by atoms with van der Waals surface area (Å²) in [5.74, 6) is 1.98. The zero-order valence-corrected chi connectivity index (χ0v) is 13.6. The number of aryl methyl sites for hydroxylation is 1. The molecule has 0 fully saturated rings. The first-order chi connectivity index (χ1) is 9.51. The Morgan fingerprint density at radius 3 is 2.50 bits per heavy atom. The van der Waals surface area contributed by atoms with Crippen LogP contribution in [0, 0.1) is 6.92 Å². The summed E-state index contributed by atoms with van der Waals surface area (Å²) in [6.45, 7) is 6.31. The highest BCUT2D eigenvalue weighted by Gasteiger charge is 2.09. The maximum absolute atomic E-state index is 9.40. The van der Waals surface area contributed by atoms with Crippen LogP contribution in [0.2, 0.25) is 0 Å². The van der Waals surface area contributed by atoms with Crippen molar-refractivity contribution in [3.05, 3.63) is 57.6 Å². The maximum Gasteiger partial charge on any atom is 0.134 e. The van der Waals surface area contributed by atoms with Crippen molar-refractivity contribution in [1.29, 1.82) is 0 Å². The number of rotatable bonds is 4. The van der Waals surface area contributed by atoms with Gasteiger partial charge in [-0.1, -0.05) is 48.0 Å². The quantitative estimate of drug-likeness (QED) is 0.836. The predicted octanol–water partition coefficient (Wildman–Crippen LogP) is 5.17. The third-order valence-corrected chi connectivity index (χ3v) is 3.79. The third-order valence-electron chi connectivity index (χ3n) is 3.30. The van der Waals surface area contributed by atoms with Crippen LogP contribution >= 0.6 is 15.9 Å². The lowest BCUT2D eigenvalue weighted by Crippen LogP contribution is -1.95. The van der Waals surface area contributed by atoms with Gasteiger partial charge in [0.25, 0.3) is 0 Å². The molecule has 2 rings (SSSR count). The largest absolute Gasteiger partial charge is 0.457 e. The Labute approximate surface area is 128 Å². The summed E-state index contributed by atoms with van der Waals surface area (Å²) < 4.78 is 6.95. The second-order valence-electron chi connectivity index (χ2n) is 5.19.